The number of halogens is 1. The van der Waals surface area contributed by atoms with Gasteiger partial charge in [0, 0.05) is 23.3 Å². The zero-order valence-corrected chi connectivity index (χ0v) is 16.5. The number of hydrogen-bond acceptors (Lipinski definition) is 4. The van der Waals surface area contributed by atoms with E-state index in [9.17, 15) is 4.79 Å². The van der Waals surface area contributed by atoms with Crippen molar-refractivity contribution in [2.45, 2.75) is 13.3 Å². The van der Waals surface area contributed by atoms with Gasteiger partial charge in [-0.25, -0.2) is 4.98 Å². The van der Waals surface area contributed by atoms with Crippen molar-refractivity contribution in [2.75, 3.05) is 23.9 Å². The Bertz CT molecular complexity index is 1030. The SMILES string of the molecule is COc1cc(Cl)c(C)cc1NC(=O)c1ccc(N2CCc3ccccc32)cn1. The molecule has 2 aromatic carbocycles. The molecule has 0 radical (unpaired) electrons. The fourth-order valence-electron chi connectivity index (χ4n) is 3.40. The zero-order valence-electron chi connectivity index (χ0n) is 15.7. The minimum absolute atomic E-state index is 0.298. The topological polar surface area (TPSA) is 54.5 Å². The molecule has 0 atom stereocenters. The first kappa shape index (κ1) is 18.3. The Labute approximate surface area is 168 Å². The molecule has 142 valence electrons. The molecule has 5 nitrogen and oxygen atoms in total. The fourth-order valence-corrected chi connectivity index (χ4v) is 3.56. The Hall–Kier alpha value is -3.05. The van der Waals surface area contributed by atoms with Crippen LogP contribution in [0.2, 0.25) is 5.02 Å². The molecule has 1 N–H and O–H groups in total. The van der Waals surface area contributed by atoms with Crippen LogP contribution in [0.4, 0.5) is 17.1 Å². The highest BCUT2D eigenvalue weighted by Crippen LogP contribution is 2.34. The largest absolute Gasteiger partial charge is 0.495 e. The van der Waals surface area contributed by atoms with Crippen molar-refractivity contribution < 1.29 is 9.53 Å². The number of carbonyl (C=O) groups is 1. The second-order valence-corrected chi connectivity index (χ2v) is 7.09. The lowest BCUT2D eigenvalue weighted by atomic mass is 10.2. The number of anilines is 3. The van der Waals surface area contributed by atoms with Gasteiger partial charge in [-0.3, -0.25) is 4.79 Å². The molecule has 0 unspecified atom stereocenters. The van der Waals surface area contributed by atoms with Crippen molar-refractivity contribution in [1.29, 1.82) is 0 Å². The van der Waals surface area contributed by atoms with E-state index in [-0.39, 0.29) is 5.91 Å². The molecule has 6 heteroatoms. The lowest BCUT2D eigenvalue weighted by molar-refractivity contribution is 0.102. The molecular formula is C22H20ClN3O2. The number of aryl methyl sites for hydroxylation is 1. The van der Waals surface area contributed by atoms with Gasteiger partial charge in [-0.2, -0.15) is 0 Å². The molecule has 1 amide bonds. The van der Waals surface area contributed by atoms with Crippen molar-refractivity contribution in [3.8, 4) is 5.75 Å². The van der Waals surface area contributed by atoms with Gasteiger partial charge in [0.1, 0.15) is 11.4 Å². The van der Waals surface area contributed by atoms with Gasteiger partial charge < -0.3 is 15.0 Å². The lowest BCUT2D eigenvalue weighted by Crippen LogP contribution is -2.16. The number of nitrogens with one attached hydrogen (secondary N) is 1. The summed E-state index contributed by atoms with van der Waals surface area (Å²) in [7, 11) is 1.54. The highest BCUT2D eigenvalue weighted by molar-refractivity contribution is 6.31. The summed E-state index contributed by atoms with van der Waals surface area (Å²) >= 11 is 6.12. The molecule has 3 aromatic rings. The lowest BCUT2D eigenvalue weighted by Gasteiger charge is -2.19. The number of methoxy groups -OCH3 is 1. The maximum atomic E-state index is 12.6. The summed E-state index contributed by atoms with van der Waals surface area (Å²) in [5, 5.41) is 3.44. The molecule has 1 aliphatic heterocycles. The van der Waals surface area contributed by atoms with Gasteiger partial charge in [0.25, 0.3) is 5.91 Å². The minimum Gasteiger partial charge on any atom is -0.495 e. The third kappa shape index (κ3) is 3.41. The first-order chi connectivity index (χ1) is 13.6. The molecule has 1 aliphatic rings. The van der Waals surface area contributed by atoms with E-state index in [2.05, 4.69) is 33.4 Å². The quantitative estimate of drug-likeness (QED) is 0.677. The van der Waals surface area contributed by atoms with Crippen LogP contribution in [0.15, 0.2) is 54.7 Å². The van der Waals surface area contributed by atoms with Crippen molar-refractivity contribution in [3.63, 3.8) is 0 Å². The Kier molecular flexibility index (Phi) is 4.92. The van der Waals surface area contributed by atoms with E-state index in [0.29, 0.717) is 22.2 Å². The molecule has 28 heavy (non-hydrogen) atoms. The van der Waals surface area contributed by atoms with E-state index in [4.69, 9.17) is 16.3 Å². The number of para-hydroxylation sites is 1. The van der Waals surface area contributed by atoms with Gasteiger partial charge >= 0.3 is 0 Å². The first-order valence-corrected chi connectivity index (χ1v) is 9.41. The molecule has 0 saturated carbocycles. The van der Waals surface area contributed by atoms with Crippen molar-refractivity contribution in [1.82, 2.24) is 4.98 Å². The summed E-state index contributed by atoms with van der Waals surface area (Å²) < 4.78 is 5.31. The van der Waals surface area contributed by atoms with Gasteiger partial charge in [-0.15, -0.1) is 0 Å². The molecule has 1 aromatic heterocycles. The number of hydrogen-bond donors (Lipinski definition) is 1. The summed E-state index contributed by atoms with van der Waals surface area (Å²) in [4.78, 5) is 19.2. The summed E-state index contributed by atoms with van der Waals surface area (Å²) in [6.45, 7) is 2.78. The Morgan fingerprint density at radius 2 is 2.04 bits per heavy atom. The van der Waals surface area contributed by atoms with Crippen LogP contribution in [0.3, 0.4) is 0 Å². The zero-order chi connectivity index (χ0) is 19.7. The number of amides is 1. The number of rotatable bonds is 4. The third-order valence-corrected chi connectivity index (χ3v) is 5.32. The van der Waals surface area contributed by atoms with Crippen LogP contribution in [0.1, 0.15) is 21.6 Å². The molecule has 0 fully saturated rings. The third-order valence-electron chi connectivity index (χ3n) is 4.91. The maximum absolute atomic E-state index is 12.6. The summed E-state index contributed by atoms with van der Waals surface area (Å²) in [5.74, 6) is 0.211. The number of nitrogens with zero attached hydrogens (tertiary/aromatic N) is 2. The van der Waals surface area contributed by atoms with E-state index in [1.54, 1.807) is 24.4 Å². The summed E-state index contributed by atoms with van der Waals surface area (Å²) in [6.07, 6.45) is 2.75. The standard InChI is InChI=1S/C22H20ClN3O2/c1-14-11-19(21(28-2)12-17(14)23)25-22(27)18-8-7-16(13-24-18)26-10-9-15-5-3-4-6-20(15)26/h3-8,11-13H,9-10H2,1-2H3,(H,25,27). The van der Waals surface area contributed by atoms with E-state index in [1.807, 2.05) is 19.1 Å². The molecule has 0 bridgehead atoms. The van der Waals surface area contributed by atoms with Crippen LogP contribution < -0.4 is 15.0 Å². The number of ether oxygens (including phenoxy) is 1. The van der Waals surface area contributed by atoms with Gasteiger partial charge in [0.05, 0.1) is 24.7 Å². The molecular weight excluding hydrogens is 374 g/mol. The number of carbonyl (C=O) groups excluding carboxylic acids is 1. The minimum atomic E-state index is -0.298. The normalized spacial score (nSPS) is 12.6. The fraction of sp³-hybridized carbons (Fsp3) is 0.182. The van der Waals surface area contributed by atoms with Crippen molar-refractivity contribution in [2.24, 2.45) is 0 Å². The number of pyridine rings is 1. The van der Waals surface area contributed by atoms with Crippen molar-refractivity contribution >= 4 is 34.6 Å². The molecule has 0 saturated heterocycles. The van der Waals surface area contributed by atoms with Crippen LogP contribution in [0.25, 0.3) is 0 Å². The Balaban J connectivity index is 1.54. The van der Waals surface area contributed by atoms with E-state index in [0.717, 1.165) is 24.2 Å². The van der Waals surface area contributed by atoms with Gasteiger partial charge in [-0.05, 0) is 48.7 Å². The van der Waals surface area contributed by atoms with Gasteiger partial charge in [-0.1, -0.05) is 29.8 Å². The maximum Gasteiger partial charge on any atom is 0.274 e. The highest BCUT2D eigenvalue weighted by atomic mass is 35.5. The molecule has 4 rings (SSSR count). The van der Waals surface area contributed by atoms with Crippen LogP contribution >= 0.6 is 11.6 Å². The highest BCUT2D eigenvalue weighted by Gasteiger charge is 2.20. The second-order valence-electron chi connectivity index (χ2n) is 6.69. The van der Waals surface area contributed by atoms with Crippen LogP contribution in [-0.4, -0.2) is 24.5 Å². The monoisotopic (exact) mass is 393 g/mol. The summed E-state index contributed by atoms with van der Waals surface area (Å²) in [6, 6.07) is 15.5. The Morgan fingerprint density at radius 3 is 2.79 bits per heavy atom. The predicted molar refractivity (Wildman–Crippen MR) is 112 cm³/mol. The van der Waals surface area contributed by atoms with E-state index in [1.165, 1.54) is 18.4 Å². The average molecular weight is 394 g/mol. The first-order valence-electron chi connectivity index (χ1n) is 9.04. The number of benzene rings is 2. The molecule has 2 heterocycles. The number of aromatic nitrogens is 1. The molecule has 0 spiro atoms. The van der Waals surface area contributed by atoms with Crippen LogP contribution in [-0.2, 0) is 6.42 Å². The van der Waals surface area contributed by atoms with Crippen molar-refractivity contribution in [3.05, 3.63) is 76.6 Å². The van der Waals surface area contributed by atoms with Gasteiger partial charge in [0.15, 0.2) is 0 Å². The van der Waals surface area contributed by atoms with Gasteiger partial charge in [0.2, 0.25) is 0 Å². The number of fused-ring (bicyclic) bond motifs is 1. The summed E-state index contributed by atoms with van der Waals surface area (Å²) in [5.41, 5.74) is 5.26. The molecule has 0 aliphatic carbocycles. The van der Waals surface area contributed by atoms with E-state index < -0.39 is 0 Å². The van der Waals surface area contributed by atoms with Crippen LogP contribution in [0, 0.1) is 6.92 Å². The second kappa shape index (κ2) is 7.52. The average Bonchev–Trinajstić information content (AvgIpc) is 3.15. The van der Waals surface area contributed by atoms with Crippen LogP contribution in [0.5, 0.6) is 5.75 Å². The Morgan fingerprint density at radius 1 is 1.21 bits per heavy atom. The predicted octanol–water partition coefficient (Wildman–Crippen LogP) is 5.00. The smallest absolute Gasteiger partial charge is 0.274 e. The van der Waals surface area contributed by atoms with E-state index >= 15 is 0 Å².